The predicted octanol–water partition coefficient (Wildman–Crippen LogP) is 0.839. The minimum Gasteiger partial charge on any atom is -0.352 e. The van der Waals surface area contributed by atoms with E-state index in [0.717, 1.165) is 6.42 Å². The molecule has 4 heteroatoms. The molecule has 3 nitrogen and oxygen atoms in total. The fourth-order valence-corrected chi connectivity index (χ4v) is 0.590. The predicted molar refractivity (Wildman–Crippen MR) is 53.4 cm³/mol. The molecule has 0 aliphatic rings. The van der Waals surface area contributed by atoms with Crippen molar-refractivity contribution in [2.45, 2.75) is 19.8 Å². The third-order valence-electron chi connectivity index (χ3n) is 1.41. The van der Waals surface area contributed by atoms with Crippen molar-refractivity contribution in [3.05, 3.63) is 12.2 Å². The molecule has 0 aromatic heterocycles. The molecule has 0 radical (unpaired) electrons. The first-order valence-corrected chi connectivity index (χ1v) is 3.88. The Morgan fingerprint density at radius 2 is 2.17 bits per heavy atom. The number of hydrogen-bond acceptors (Lipinski definition) is 2. The number of rotatable bonds is 5. The Morgan fingerprint density at radius 3 is 2.58 bits per heavy atom. The number of nitrogens with two attached hydrogens (primary N) is 1. The lowest BCUT2D eigenvalue weighted by Gasteiger charge is -2.03. The molecule has 0 aliphatic carbocycles. The molecule has 0 heterocycles. The van der Waals surface area contributed by atoms with E-state index in [4.69, 9.17) is 5.73 Å². The third-order valence-corrected chi connectivity index (χ3v) is 1.41. The van der Waals surface area contributed by atoms with Crippen LogP contribution < -0.4 is 11.1 Å². The number of carbonyl (C=O) groups is 1. The number of amides is 1. The molecule has 0 aromatic carbocycles. The summed E-state index contributed by atoms with van der Waals surface area (Å²) in [5.41, 5.74) is 5.88. The van der Waals surface area contributed by atoms with Crippen molar-refractivity contribution in [2.75, 3.05) is 13.1 Å². The second-order valence-electron chi connectivity index (χ2n) is 2.36. The SMILES string of the molecule is C=C(CC)C(=O)NCCCN.Cl. The molecule has 1 amide bonds. The van der Waals surface area contributed by atoms with Crippen LogP contribution in [0.1, 0.15) is 19.8 Å². The van der Waals surface area contributed by atoms with E-state index in [2.05, 4.69) is 11.9 Å². The highest BCUT2D eigenvalue weighted by molar-refractivity contribution is 5.92. The maximum absolute atomic E-state index is 11.0. The fraction of sp³-hybridized carbons (Fsp3) is 0.625. The summed E-state index contributed by atoms with van der Waals surface area (Å²) in [6.45, 7) is 6.77. The Balaban J connectivity index is 0. The first kappa shape index (κ1) is 14.0. The highest BCUT2D eigenvalue weighted by atomic mass is 35.5. The molecule has 0 bridgehead atoms. The molecule has 0 unspecified atom stereocenters. The average Bonchev–Trinajstić information content (AvgIpc) is 2.03. The fourth-order valence-electron chi connectivity index (χ4n) is 0.590. The number of nitrogens with one attached hydrogen (secondary N) is 1. The van der Waals surface area contributed by atoms with Crippen LogP contribution in [0.3, 0.4) is 0 Å². The van der Waals surface area contributed by atoms with Crippen molar-refractivity contribution in [3.8, 4) is 0 Å². The molecule has 0 fully saturated rings. The van der Waals surface area contributed by atoms with Crippen LogP contribution >= 0.6 is 12.4 Å². The Labute approximate surface area is 79.8 Å². The molecule has 0 atom stereocenters. The minimum atomic E-state index is -0.0547. The molecule has 12 heavy (non-hydrogen) atoms. The molecular weight excluding hydrogens is 176 g/mol. The van der Waals surface area contributed by atoms with Crippen molar-refractivity contribution in [1.29, 1.82) is 0 Å². The summed E-state index contributed by atoms with van der Waals surface area (Å²) in [5, 5.41) is 2.72. The summed E-state index contributed by atoms with van der Waals surface area (Å²) in [4.78, 5) is 11.0. The average molecular weight is 193 g/mol. The summed E-state index contributed by atoms with van der Waals surface area (Å²) < 4.78 is 0. The first-order valence-electron chi connectivity index (χ1n) is 3.88. The summed E-state index contributed by atoms with van der Waals surface area (Å²) in [7, 11) is 0. The Hall–Kier alpha value is -0.540. The summed E-state index contributed by atoms with van der Waals surface area (Å²) >= 11 is 0. The second kappa shape index (κ2) is 8.56. The van der Waals surface area contributed by atoms with Crippen molar-refractivity contribution in [2.24, 2.45) is 5.73 Å². The number of halogens is 1. The topological polar surface area (TPSA) is 55.1 Å². The van der Waals surface area contributed by atoms with Crippen LogP contribution in [0.4, 0.5) is 0 Å². The van der Waals surface area contributed by atoms with Crippen LogP contribution in [-0.4, -0.2) is 19.0 Å². The van der Waals surface area contributed by atoms with E-state index in [0.29, 0.717) is 25.1 Å². The van der Waals surface area contributed by atoms with E-state index in [1.165, 1.54) is 0 Å². The number of carbonyl (C=O) groups excluding carboxylic acids is 1. The van der Waals surface area contributed by atoms with Gasteiger partial charge in [-0.25, -0.2) is 0 Å². The van der Waals surface area contributed by atoms with E-state index in [1.54, 1.807) is 0 Å². The Kier molecular flexibility index (Phi) is 9.99. The zero-order valence-corrected chi connectivity index (χ0v) is 8.25. The highest BCUT2D eigenvalue weighted by Gasteiger charge is 2.01. The maximum atomic E-state index is 11.0. The molecule has 0 spiro atoms. The van der Waals surface area contributed by atoms with Crippen LogP contribution in [0, 0.1) is 0 Å². The standard InChI is InChI=1S/C8H16N2O.ClH/c1-3-7(2)8(11)10-6-4-5-9;/h2-6,9H2,1H3,(H,10,11);1H. The van der Waals surface area contributed by atoms with Crippen molar-refractivity contribution >= 4 is 18.3 Å². The summed E-state index contributed by atoms with van der Waals surface area (Å²) in [6.07, 6.45) is 1.52. The van der Waals surface area contributed by atoms with Crippen molar-refractivity contribution in [3.63, 3.8) is 0 Å². The number of hydrogen-bond donors (Lipinski definition) is 2. The molecule has 0 aromatic rings. The summed E-state index contributed by atoms with van der Waals surface area (Å²) in [6, 6.07) is 0. The van der Waals surface area contributed by atoms with E-state index < -0.39 is 0 Å². The van der Waals surface area contributed by atoms with Gasteiger partial charge in [-0.15, -0.1) is 12.4 Å². The van der Waals surface area contributed by atoms with Gasteiger partial charge in [-0.2, -0.15) is 0 Å². The van der Waals surface area contributed by atoms with Gasteiger partial charge in [0.05, 0.1) is 0 Å². The minimum absolute atomic E-state index is 0. The zero-order valence-electron chi connectivity index (χ0n) is 7.43. The molecule has 3 N–H and O–H groups in total. The van der Waals surface area contributed by atoms with Crippen LogP contribution in [0.25, 0.3) is 0 Å². The lowest BCUT2D eigenvalue weighted by atomic mass is 10.2. The van der Waals surface area contributed by atoms with Crippen LogP contribution in [0.2, 0.25) is 0 Å². The Morgan fingerprint density at radius 1 is 1.58 bits per heavy atom. The normalized spacial score (nSPS) is 8.50. The van der Waals surface area contributed by atoms with E-state index in [-0.39, 0.29) is 18.3 Å². The second-order valence-corrected chi connectivity index (χ2v) is 2.36. The molecule has 0 saturated heterocycles. The molecular formula is C8H17ClN2O. The van der Waals surface area contributed by atoms with Gasteiger partial charge in [0.25, 0.3) is 0 Å². The van der Waals surface area contributed by atoms with Gasteiger partial charge in [0, 0.05) is 12.1 Å². The van der Waals surface area contributed by atoms with Crippen LogP contribution in [0.15, 0.2) is 12.2 Å². The van der Waals surface area contributed by atoms with Gasteiger partial charge >= 0.3 is 0 Å². The Bertz CT molecular complexity index is 148. The third kappa shape index (κ3) is 6.19. The lowest BCUT2D eigenvalue weighted by molar-refractivity contribution is -0.117. The molecule has 72 valence electrons. The monoisotopic (exact) mass is 192 g/mol. The largest absolute Gasteiger partial charge is 0.352 e. The lowest BCUT2D eigenvalue weighted by Crippen LogP contribution is -2.26. The van der Waals surface area contributed by atoms with Gasteiger partial charge in [0.15, 0.2) is 0 Å². The molecule has 0 rings (SSSR count). The van der Waals surface area contributed by atoms with E-state index in [9.17, 15) is 4.79 Å². The van der Waals surface area contributed by atoms with E-state index >= 15 is 0 Å². The highest BCUT2D eigenvalue weighted by Crippen LogP contribution is 1.94. The zero-order chi connectivity index (χ0) is 8.69. The van der Waals surface area contributed by atoms with Gasteiger partial charge in [0.1, 0.15) is 0 Å². The van der Waals surface area contributed by atoms with Gasteiger partial charge < -0.3 is 11.1 Å². The molecule has 0 aliphatic heterocycles. The van der Waals surface area contributed by atoms with Gasteiger partial charge in [-0.3, -0.25) is 4.79 Å². The smallest absolute Gasteiger partial charge is 0.246 e. The molecule has 0 saturated carbocycles. The van der Waals surface area contributed by atoms with Crippen molar-refractivity contribution in [1.82, 2.24) is 5.32 Å². The quantitative estimate of drug-likeness (QED) is 0.501. The summed E-state index contributed by atoms with van der Waals surface area (Å²) in [5.74, 6) is -0.0547. The van der Waals surface area contributed by atoms with Gasteiger partial charge in [0.2, 0.25) is 5.91 Å². The van der Waals surface area contributed by atoms with Gasteiger partial charge in [-0.1, -0.05) is 13.5 Å². The van der Waals surface area contributed by atoms with Crippen LogP contribution in [0.5, 0.6) is 0 Å². The van der Waals surface area contributed by atoms with Crippen molar-refractivity contribution < 1.29 is 4.79 Å². The first-order chi connectivity index (χ1) is 5.22. The maximum Gasteiger partial charge on any atom is 0.246 e. The van der Waals surface area contributed by atoms with Crippen LogP contribution in [-0.2, 0) is 4.79 Å². The van der Waals surface area contributed by atoms with E-state index in [1.807, 2.05) is 6.92 Å². The van der Waals surface area contributed by atoms with Gasteiger partial charge in [-0.05, 0) is 19.4 Å².